The van der Waals surface area contributed by atoms with Gasteiger partial charge in [0, 0.05) is 21.8 Å². The van der Waals surface area contributed by atoms with Crippen LogP contribution in [0.4, 0.5) is 0 Å². The summed E-state index contributed by atoms with van der Waals surface area (Å²) in [5, 5.41) is 13.4. The summed E-state index contributed by atoms with van der Waals surface area (Å²) in [6, 6.07) is 28.4. The lowest BCUT2D eigenvalue weighted by Crippen LogP contribution is -2.00. The molecule has 0 fully saturated rings. The van der Waals surface area contributed by atoms with Crippen molar-refractivity contribution >= 4 is 51.4 Å². The van der Waals surface area contributed by atoms with Crippen molar-refractivity contribution in [1.82, 2.24) is 4.57 Å². The predicted molar refractivity (Wildman–Crippen MR) is 117 cm³/mol. The third kappa shape index (κ3) is 2.31. The number of fused-ring (bicyclic) bond motifs is 7. The normalized spacial score (nSPS) is 11.6. The van der Waals surface area contributed by atoms with E-state index >= 15 is 0 Å². The molecule has 1 radical (unpaired) electrons. The van der Waals surface area contributed by atoms with Crippen molar-refractivity contribution in [2.45, 2.75) is 0 Å². The number of para-hydroxylation sites is 2. The highest BCUT2D eigenvalue weighted by molar-refractivity contribution is 6.23. The van der Waals surface area contributed by atoms with Gasteiger partial charge in [0.05, 0.1) is 16.4 Å². The number of rotatable bonds is 3. The highest BCUT2D eigenvalue weighted by Gasteiger charge is 2.18. The van der Waals surface area contributed by atoms with Gasteiger partial charge in [-0.1, -0.05) is 36.4 Å². The van der Waals surface area contributed by atoms with E-state index in [9.17, 15) is 0 Å². The number of furan rings is 1. The third-order valence-electron chi connectivity index (χ3n) is 5.46. The van der Waals surface area contributed by atoms with Crippen molar-refractivity contribution < 1.29 is 14.1 Å². The second-order valence-corrected chi connectivity index (χ2v) is 7.00. The smallest absolute Gasteiger partial charge is 0.537 e. The summed E-state index contributed by atoms with van der Waals surface area (Å²) < 4.78 is 13.6. The minimum atomic E-state index is 0.580. The van der Waals surface area contributed by atoms with Crippen molar-refractivity contribution in [1.29, 1.82) is 0 Å². The fourth-order valence-electron chi connectivity index (χ4n) is 4.25. The minimum Gasteiger partial charge on any atom is -0.537 e. The van der Waals surface area contributed by atoms with Gasteiger partial charge in [-0.2, -0.15) is 0 Å². The largest absolute Gasteiger partial charge is 0.569 e. The fourth-order valence-corrected chi connectivity index (χ4v) is 4.25. The topological polar surface area (TPSA) is 47.5 Å². The molecule has 0 atom stereocenters. The van der Waals surface area contributed by atoms with Crippen LogP contribution in [0.2, 0.25) is 0 Å². The van der Waals surface area contributed by atoms with Gasteiger partial charge in [0.1, 0.15) is 16.9 Å². The van der Waals surface area contributed by atoms with Crippen molar-refractivity contribution in [3.8, 4) is 11.4 Å². The highest BCUT2D eigenvalue weighted by Crippen LogP contribution is 2.40. The third-order valence-corrected chi connectivity index (χ3v) is 5.46. The van der Waals surface area contributed by atoms with Gasteiger partial charge in [-0.3, -0.25) is 0 Å². The van der Waals surface area contributed by atoms with E-state index in [-0.39, 0.29) is 0 Å². The monoisotopic (exact) mass is 376 g/mol. The SMILES string of the molecule is O[B]Oc1ccc(-n2c3ccccc3c3c4oc5ccccc5c4ccc32)cc1. The first-order valence-corrected chi connectivity index (χ1v) is 9.41. The molecular weight excluding hydrogens is 361 g/mol. The molecule has 4 aromatic carbocycles. The number of hydrogen-bond acceptors (Lipinski definition) is 3. The van der Waals surface area contributed by atoms with Gasteiger partial charge in [-0.15, -0.1) is 0 Å². The summed E-state index contributed by atoms with van der Waals surface area (Å²) in [6.45, 7) is 0. The minimum absolute atomic E-state index is 0.580. The van der Waals surface area contributed by atoms with Crippen molar-refractivity contribution in [2.24, 2.45) is 0 Å². The van der Waals surface area contributed by atoms with E-state index in [1.54, 1.807) is 0 Å². The quantitative estimate of drug-likeness (QED) is 0.410. The zero-order valence-corrected chi connectivity index (χ0v) is 15.4. The Bertz CT molecular complexity index is 1510. The maximum Gasteiger partial charge on any atom is 0.569 e. The average molecular weight is 376 g/mol. The summed E-state index contributed by atoms with van der Waals surface area (Å²) in [6.07, 6.45) is 0. The number of aromatic nitrogens is 1. The molecule has 6 rings (SSSR count). The maximum absolute atomic E-state index is 8.85. The van der Waals surface area contributed by atoms with E-state index in [0.717, 1.165) is 49.4 Å². The first-order valence-electron chi connectivity index (χ1n) is 9.41. The summed E-state index contributed by atoms with van der Waals surface area (Å²) in [5.41, 5.74) is 5.01. The molecule has 2 heterocycles. The predicted octanol–water partition coefficient (Wildman–Crippen LogP) is 5.59. The molecule has 0 bridgehead atoms. The molecule has 0 aliphatic carbocycles. The molecule has 4 nitrogen and oxygen atoms in total. The molecule has 0 unspecified atom stereocenters. The molecule has 1 N–H and O–H groups in total. The molecule has 0 aliphatic heterocycles. The summed E-state index contributed by atoms with van der Waals surface area (Å²) in [4.78, 5) is 0. The van der Waals surface area contributed by atoms with Crippen molar-refractivity contribution in [2.75, 3.05) is 0 Å². The first-order chi connectivity index (χ1) is 14.3. The Kier molecular flexibility index (Phi) is 3.46. The standard InChI is InChI=1S/C24H15BNO3/c27-25-29-16-11-9-15(10-12-16)26-20-7-3-1-6-19(20)23-21(26)14-13-18-17-5-2-4-8-22(17)28-24(18)23/h1-14,27H. The van der Waals surface area contributed by atoms with E-state index in [4.69, 9.17) is 14.1 Å². The summed E-state index contributed by atoms with van der Waals surface area (Å²) in [7, 11) is 0.688. The molecule has 0 amide bonds. The van der Waals surface area contributed by atoms with Crippen molar-refractivity contribution in [3.05, 3.63) is 84.9 Å². The molecule has 0 saturated heterocycles. The fraction of sp³-hybridized carbons (Fsp3) is 0. The molecule has 29 heavy (non-hydrogen) atoms. The Balaban J connectivity index is 1.73. The molecule has 0 spiro atoms. The zero-order chi connectivity index (χ0) is 19.4. The van der Waals surface area contributed by atoms with E-state index in [0.29, 0.717) is 13.4 Å². The van der Waals surface area contributed by atoms with E-state index < -0.39 is 0 Å². The van der Waals surface area contributed by atoms with Crippen molar-refractivity contribution in [3.63, 3.8) is 0 Å². The summed E-state index contributed by atoms with van der Waals surface area (Å²) in [5.74, 6) is 0.580. The first kappa shape index (κ1) is 16.3. The van der Waals surface area contributed by atoms with Gasteiger partial charge in [-0.05, 0) is 48.5 Å². The molecule has 5 heteroatoms. The van der Waals surface area contributed by atoms with Crippen LogP contribution in [-0.4, -0.2) is 17.3 Å². The van der Waals surface area contributed by atoms with Crippen LogP contribution < -0.4 is 4.65 Å². The van der Waals surface area contributed by atoms with Crippen LogP contribution in [0.5, 0.6) is 5.75 Å². The second kappa shape index (κ2) is 6.16. The van der Waals surface area contributed by atoms with Crippen LogP contribution >= 0.6 is 0 Å². The van der Waals surface area contributed by atoms with E-state index in [1.165, 1.54) is 0 Å². The molecular formula is C24H15BNO3. The molecule has 0 saturated carbocycles. The molecule has 137 valence electrons. The Labute approximate surface area is 166 Å². The molecule has 0 aliphatic rings. The van der Waals surface area contributed by atoms with Gasteiger partial charge < -0.3 is 18.7 Å². The zero-order valence-electron chi connectivity index (χ0n) is 15.4. The van der Waals surface area contributed by atoms with Crippen LogP contribution in [0.3, 0.4) is 0 Å². The highest BCUT2D eigenvalue weighted by atomic mass is 16.5. The van der Waals surface area contributed by atoms with Crippen LogP contribution in [0.25, 0.3) is 49.4 Å². The number of benzene rings is 4. The Morgan fingerprint density at radius 3 is 2.31 bits per heavy atom. The maximum atomic E-state index is 8.85. The number of hydrogen-bond donors (Lipinski definition) is 1. The van der Waals surface area contributed by atoms with Gasteiger partial charge in [0.25, 0.3) is 0 Å². The van der Waals surface area contributed by atoms with Crippen LogP contribution in [-0.2, 0) is 0 Å². The lowest BCUT2D eigenvalue weighted by atomic mass is 10.1. The van der Waals surface area contributed by atoms with E-state index in [2.05, 4.69) is 41.0 Å². The van der Waals surface area contributed by atoms with Gasteiger partial charge in [0.2, 0.25) is 0 Å². The molecule has 6 aromatic rings. The summed E-state index contributed by atoms with van der Waals surface area (Å²) >= 11 is 0. The lowest BCUT2D eigenvalue weighted by Gasteiger charge is -2.09. The second-order valence-electron chi connectivity index (χ2n) is 7.00. The van der Waals surface area contributed by atoms with Gasteiger partial charge in [-0.25, -0.2) is 0 Å². The van der Waals surface area contributed by atoms with Gasteiger partial charge in [0.15, 0.2) is 0 Å². The van der Waals surface area contributed by atoms with Crippen LogP contribution in [0.15, 0.2) is 89.3 Å². The Morgan fingerprint density at radius 2 is 1.48 bits per heavy atom. The van der Waals surface area contributed by atoms with E-state index in [1.807, 2.05) is 48.5 Å². The lowest BCUT2D eigenvalue weighted by molar-refractivity contribution is 0.454. The Morgan fingerprint density at radius 1 is 0.724 bits per heavy atom. The van der Waals surface area contributed by atoms with Gasteiger partial charge >= 0.3 is 7.69 Å². The average Bonchev–Trinajstić information content (AvgIpc) is 3.30. The number of nitrogens with zero attached hydrogens (tertiary/aromatic N) is 1. The van der Waals surface area contributed by atoms with Crippen LogP contribution in [0.1, 0.15) is 0 Å². The van der Waals surface area contributed by atoms with Crippen LogP contribution in [0, 0.1) is 0 Å². The molecule has 2 aromatic heterocycles. The Hall–Kier alpha value is -3.70.